The molecule has 4 nitrogen and oxygen atoms in total. The van der Waals surface area contributed by atoms with Crippen molar-refractivity contribution in [2.75, 3.05) is 0 Å². The van der Waals surface area contributed by atoms with Crippen LogP contribution in [0, 0.1) is 0 Å². The van der Waals surface area contributed by atoms with Gasteiger partial charge in [0.2, 0.25) is 0 Å². The predicted octanol–water partition coefficient (Wildman–Crippen LogP) is 1.73. The lowest BCUT2D eigenvalue weighted by Gasteiger charge is -2.01. The normalized spacial score (nSPS) is 11.1. The van der Waals surface area contributed by atoms with Gasteiger partial charge in [-0.05, 0) is 27.6 Å². The van der Waals surface area contributed by atoms with Crippen LogP contribution in [0.25, 0.3) is 10.9 Å². The van der Waals surface area contributed by atoms with Gasteiger partial charge >= 0.3 is 0 Å². The van der Waals surface area contributed by atoms with Gasteiger partial charge in [-0.15, -0.1) is 0 Å². The highest BCUT2D eigenvalue weighted by Crippen LogP contribution is 2.26. The van der Waals surface area contributed by atoms with Crippen LogP contribution in [0.2, 0.25) is 0 Å². The highest BCUT2D eigenvalue weighted by atomic mass is 79.9. The molecule has 1 aromatic heterocycles. The molecular formula is C9H10BrN3O. The van der Waals surface area contributed by atoms with Crippen molar-refractivity contribution < 1.29 is 4.84 Å². The fraction of sp³-hybridized carbons (Fsp3) is 0.222. The monoisotopic (exact) mass is 255 g/mol. The van der Waals surface area contributed by atoms with Crippen LogP contribution in [-0.4, -0.2) is 9.78 Å². The maximum Gasteiger partial charge on any atom is 0.136 e. The van der Waals surface area contributed by atoms with Crippen molar-refractivity contribution in [3.05, 3.63) is 28.4 Å². The van der Waals surface area contributed by atoms with E-state index >= 15 is 0 Å². The van der Waals surface area contributed by atoms with E-state index in [0.29, 0.717) is 6.61 Å². The fourth-order valence-corrected chi connectivity index (χ4v) is 2.24. The van der Waals surface area contributed by atoms with Crippen LogP contribution in [0.3, 0.4) is 0 Å². The Labute approximate surface area is 89.7 Å². The lowest BCUT2D eigenvalue weighted by atomic mass is 10.1. The summed E-state index contributed by atoms with van der Waals surface area (Å²) in [5, 5.41) is 5.33. The van der Waals surface area contributed by atoms with E-state index in [-0.39, 0.29) is 0 Å². The molecule has 2 rings (SSSR count). The van der Waals surface area contributed by atoms with E-state index in [0.717, 1.165) is 21.1 Å². The van der Waals surface area contributed by atoms with Gasteiger partial charge in [0.15, 0.2) is 0 Å². The molecule has 0 aliphatic heterocycles. The summed E-state index contributed by atoms with van der Waals surface area (Å²) < 4.78 is 2.64. The molecule has 2 aromatic rings. The van der Waals surface area contributed by atoms with Gasteiger partial charge in [0, 0.05) is 12.4 Å². The first-order valence-corrected chi connectivity index (χ1v) is 4.95. The largest absolute Gasteiger partial charge is 0.300 e. The molecule has 1 heterocycles. The van der Waals surface area contributed by atoms with Crippen molar-refractivity contribution in [2.24, 2.45) is 12.9 Å². The molecule has 14 heavy (non-hydrogen) atoms. The second kappa shape index (κ2) is 3.68. The summed E-state index contributed by atoms with van der Waals surface area (Å²) in [6, 6.07) is 5.94. The third kappa shape index (κ3) is 1.43. The first-order chi connectivity index (χ1) is 6.74. The number of benzene rings is 1. The van der Waals surface area contributed by atoms with Crippen molar-refractivity contribution in [1.82, 2.24) is 9.78 Å². The first kappa shape index (κ1) is 9.64. The lowest BCUT2D eigenvalue weighted by molar-refractivity contribution is 0.125. The number of rotatable bonds is 2. The Kier molecular flexibility index (Phi) is 2.54. The number of aromatic nitrogens is 2. The lowest BCUT2D eigenvalue weighted by Crippen LogP contribution is -1.99. The minimum absolute atomic E-state index is 0.391. The van der Waals surface area contributed by atoms with Crippen LogP contribution in [0.4, 0.5) is 0 Å². The van der Waals surface area contributed by atoms with Crippen LogP contribution >= 0.6 is 15.9 Å². The quantitative estimate of drug-likeness (QED) is 0.832. The van der Waals surface area contributed by atoms with Crippen molar-refractivity contribution in [1.29, 1.82) is 0 Å². The molecule has 0 fully saturated rings. The molecule has 0 amide bonds. The van der Waals surface area contributed by atoms with Crippen molar-refractivity contribution in [3.63, 3.8) is 0 Å². The number of hydrogen-bond donors (Lipinski definition) is 1. The average Bonchev–Trinajstić information content (AvgIpc) is 2.44. The Morgan fingerprint density at radius 2 is 2.36 bits per heavy atom. The van der Waals surface area contributed by atoms with Crippen LogP contribution in [0.1, 0.15) is 5.56 Å². The van der Waals surface area contributed by atoms with E-state index in [2.05, 4.69) is 25.9 Å². The summed E-state index contributed by atoms with van der Waals surface area (Å²) in [4.78, 5) is 4.64. The number of nitrogens with zero attached hydrogens (tertiary/aromatic N) is 2. The average molecular weight is 256 g/mol. The third-order valence-electron chi connectivity index (χ3n) is 2.16. The van der Waals surface area contributed by atoms with Gasteiger partial charge in [0.1, 0.15) is 4.60 Å². The molecule has 0 aliphatic rings. The van der Waals surface area contributed by atoms with E-state index in [1.807, 2.05) is 29.9 Å². The van der Waals surface area contributed by atoms with Crippen LogP contribution < -0.4 is 5.90 Å². The molecule has 2 N–H and O–H groups in total. The van der Waals surface area contributed by atoms with E-state index in [4.69, 9.17) is 5.90 Å². The zero-order valence-electron chi connectivity index (χ0n) is 7.70. The highest BCUT2D eigenvalue weighted by molar-refractivity contribution is 9.10. The van der Waals surface area contributed by atoms with Gasteiger partial charge in [-0.3, -0.25) is 9.52 Å². The van der Waals surface area contributed by atoms with Gasteiger partial charge in [0.25, 0.3) is 0 Å². The van der Waals surface area contributed by atoms with E-state index < -0.39 is 0 Å². The maximum absolute atomic E-state index is 5.07. The molecule has 0 aliphatic carbocycles. The van der Waals surface area contributed by atoms with Crippen LogP contribution in [0.5, 0.6) is 0 Å². The van der Waals surface area contributed by atoms with Crippen molar-refractivity contribution >= 4 is 26.8 Å². The molecule has 5 heteroatoms. The van der Waals surface area contributed by atoms with Crippen molar-refractivity contribution in [2.45, 2.75) is 6.61 Å². The Hall–Kier alpha value is -0.910. The fourth-order valence-electron chi connectivity index (χ4n) is 1.54. The molecule has 1 aromatic carbocycles. The summed E-state index contributed by atoms with van der Waals surface area (Å²) in [7, 11) is 1.90. The third-order valence-corrected chi connectivity index (χ3v) is 2.72. The van der Waals surface area contributed by atoms with Gasteiger partial charge in [-0.25, -0.2) is 5.90 Å². The molecular weight excluding hydrogens is 246 g/mol. The Bertz CT molecular complexity index is 466. The Balaban J connectivity index is 2.72. The summed E-state index contributed by atoms with van der Waals surface area (Å²) >= 11 is 3.41. The topological polar surface area (TPSA) is 53.1 Å². The molecule has 0 saturated carbocycles. The zero-order chi connectivity index (χ0) is 10.1. The van der Waals surface area contributed by atoms with Crippen molar-refractivity contribution in [3.8, 4) is 0 Å². The summed E-state index contributed by atoms with van der Waals surface area (Å²) in [5.74, 6) is 5.07. The SMILES string of the molecule is Cn1nc(Br)c2c(CON)cccc21. The Morgan fingerprint density at radius 3 is 3.07 bits per heavy atom. The van der Waals surface area contributed by atoms with E-state index in [9.17, 15) is 0 Å². The number of fused-ring (bicyclic) bond motifs is 1. The smallest absolute Gasteiger partial charge is 0.136 e. The second-order valence-electron chi connectivity index (χ2n) is 3.04. The highest BCUT2D eigenvalue weighted by Gasteiger charge is 2.09. The molecule has 0 saturated heterocycles. The minimum Gasteiger partial charge on any atom is -0.300 e. The Morgan fingerprint density at radius 1 is 1.57 bits per heavy atom. The zero-order valence-corrected chi connectivity index (χ0v) is 9.28. The second-order valence-corrected chi connectivity index (χ2v) is 3.79. The first-order valence-electron chi connectivity index (χ1n) is 4.16. The van der Waals surface area contributed by atoms with Gasteiger partial charge in [-0.1, -0.05) is 12.1 Å². The molecule has 0 bridgehead atoms. The summed E-state index contributed by atoms with van der Waals surface area (Å²) in [6.45, 7) is 0.391. The summed E-state index contributed by atoms with van der Waals surface area (Å²) in [6.07, 6.45) is 0. The number of halogens is 1. The molecule has 0 atom stereocenters. The van der Waals surface area contributed by atoms with Gasteiger partial charge in [-0.2, -0.15) is 5.10 Å². The predicted molar refractivity (Wildman–Crippen MR) is 57.4 cm³/mol. The maximum atomic E-state index is 5.07. The molecule has 0 radical (unpaired) electrons. The molecule has 0 spiro atoms. The number of aryl methyl sites for hydroxylation is 1. The van der Waals surface area contributed by atoms with Gasteiger partial charge < -0.3 is 0 Å². The number of nitrogens with two attached hydrogens (primary N) is 1. The standard InChI is InChI=1S/C9H10BrN3O/c1-13-7-4-2-3-6(5-14-11)8(7)9(10)12-13/h2-4H,5,11H2,1H3. The van der Waals surface area contributed by atoms with E-state index in [1.165, 1.54) is 0 Å². The molecule has 74 valence electrons. The van der Waals surface area contributed by atoms with Crippen LogP contribution in [0.15, 0.2) is 22.8 Å². The molecule has 0 unspecified atom stereocenters. The summed E-state index contributed by atoms with van der Waals surface area (Å²) in [5.41, 5.74) is 2.09. The number of hydrogen-bond acceptors (Lipinski definition) is 3. The van der Waals surface area contributed by atoms with E-state index in [1.54, 1.807) is 0 Å². The van der Waals surface area contributed by atoms with Crippen LogP contribution in [-0.2, 0) is 18.5 Å². The van der Waals surface area contributed by atoms with Gasteiger partial charge in [0.05, 0.1) is 12.1 Å². The minimum atomic E-state index is 0.391.